The summed E-state index contributed by atoms with van der Waals surface area (Å²) < 4.78 is 0. The number of pyridine rings is 1. The van der Waals surface area contributed by atoms with Crippen molar-refractivity contribution >= 4 is 11.5 Å². The molecule has 0 amide bonds. The van der Waals surface area contributed by atoms with Crippen molar-refractivity contribution in [2.75, 3.05) is 17.6 Å². The lowest BCUT2D eigenvalue weighted by Crippen LogP contribution is -2.29. The Kier molecular flexibility index (Phi) is 3.12. The molecule has 15 heavy (non-hydrogen) atoms. The van der Waals surface area contributed by atoms with Crippen LogP contribution in [-0.4, -0.2) is 22.2 Å². The molecular weight excluding hydrogens is 192 g/mol. The Morgan fingerprint density at radius 3 is 2.87 bits per heavy atom. The summed E-state index contributed by atoms with van der Waals surface area (Å²) in [4.78, 5) is 3.81. The molecule has 0 aromatic carbocycles. The number of nitrogens with two attached hydrogens (primary N) is 1. The van der Waals surface area contributed by atoms with Crippen LogP contribution in [0, 0.1) is 11.3 Å². The second-order valence-electron chi connectivity index (χ2n) is 3.93. The highest BCUT2D eigenvalue weighted by atomic mass is 16.3. The summed E-state index contributed by atoms with van der Waals surface area (Å²) in [6.45, 7) is 3.69. The third-order valence-corrected chi connectivity index (χ3v) is 1.76. The molecule has 0 saturated heterocycles. The predicted molar refractivity (Wildman–Crippen MR) is 58.2 cm³/mol. The van der Waals surface area contributed by atoms with Gasteiger partial charge in [-0.05, 0) is 13.8 Å². The molecule has 0 aliphatic heterocycles. The molecule has 0 saturated carbocycles. The van der Waals surface area contributed by atoms with Gasteiger partial charge in [0.2, 0.25) is 0 Å². The molecule has 1 aromatic heterocycles. The molecule has 5 heteroatoms. The zero-order chi connectivity index (χ0) is 11.5. The quantitative estimate of drug-likeness (QED) is 0.677. The number of aliphatic hydroxyl groups is 1. The van der Waals surface area contributed by atoms with E-state index < -0.39 is 5.60 Å². The fraction of sp³-hybridized carbons (Fsp3) is 0.400. The molecule has 0 radical (unpaired) electrons. The van der Waals surface area contributed by atoms with Crippen molar-refractivity contribution in [2.24, 2.45) is 0 Å². The number of nitrogens with one attached hydrogen (secondary N) is 1. The van der Waals surface area contributed by atoms with Crippen LogP contribution in [-0.2, 0) is 0 Å². The number of nitriles is 1. The van der Waals surface area contributed by atoms with Gasteiger partial charge in [-0.1, -0.05) is 0 Å². The third kappa shape index (κ3) is 3.44. The van der Waals surface area contributed by atoms with Crippen molar-refractivity contribution in [3.8, 4) is 6.07 Å². The number of rotatable bonds is 3. The van der Waals surface area contributed by atoms with E-state index in [0.717, 1.165) is 0 Å². The van der Waals surface area contributed by atoms with Crippen LogP contribution in [0.5, 0.6) is 0 Å². The zero-order valence-electron chi connectivity index (χ0n) is 8.78. The second-order valence-corrected chi connectivity index (χ2v) is 3.93. The molecule has 0 spiro atoms. The highest BCUT2D eigenvalue weighted by Crippen LogP contribution is 2.16. The lowest BCUT2D eigenvalue weighted by atomic mass is 10.1. The van der Waals surface area contributed by atoms with E-state index in [2.05, 4.69) is 10.3 Å². The number of anilines is 2. The monoisotopic (exact) mass is 206 g/mol. The van der Waals surface area contributed by atoms with Crippen LogP contribution in [0.1, 0.15) is 19.4 Å². The van der Waals surface area contributed by atoms with Gasteiger partial charge in [0.05, 0.1) is 16.9 Å². The molecule has 0 atom stereocenters. The fourth-order valence-electron chi connectivity index (χ4n) is 1.02. The second kappa shape index (κ2) is 4.15. The fourth-order valence-corrected chi connectivity index (χ4v) is 1.02. The summed E-state index contributed by atoms with van der Waals surface area (Å²) in [5.41, 5.74) is 5.66. The number of nitrogens with zero attached hydrogens (tertiary/aromatic N) is 2. The third-order valence-electron chi connectivity index (χ3n) is 1.76. The Hall–Kier alpha value is -1.80. The molecular formula is C10H14N4O. The first-order chi connectivity index (χ1) is 6.92. The average Bonchev–Trinajstić information content (AvgIpc) is 2.14. The van der Waals surface area contributed by atoms with E-state index in [0.29, 0.717) is 23.6 Å². The molecule has 1 heterocycles. The average molecular weight is 206 g/mol. The molecule has 0 aliphatic rings. The van der Waals surface area contributed by atoms with Crippen LogP contribution in [0.2, 0.25) is 0 Å². The number of hydrogen-bond donors (Lipinski definition) is 3. The first-order valence-corrected chi connectivity index (χ1v) is 4.54. The lowest BCUT2D eigenvalue weighted by molar-refractivity contribution is 0.0945. The van der Waals surface area contributed by atoms with Gasteiger partial charge in [-0.2, -0.15) is 5.26 Å². The maximum absolute atomic E-state index is 9.52. The van der Waals surface area contributed by atoms with Gasteiger partial charge < -0.3 is 16.2 Å². The van der Waals surface area contributed by atoms with Crippen molar-refractivity contribution < 1.29 is 5.11 Å². The summed E-state index contributed by atoms with van der Waals surface area (Å²) in [6.07, 6.45) is 1.40. The molecule has 0 unspecified atom stereocenters. The van der Waals surface area contributed by atoms with Gasteiger partial charge in [-0.25, -0.2) is 4.98 Å². The highest BCUT2D eigenvalue weighted by Gasteiger charge is 2.13. The summed E-state index contributed by atoms with van der Waals surface area (Å²) in [6, 6.07) is 3.57. The SMILES string of the molecule is CC(C)(O)CNc1cc(N)ncc1C#N. The van der Waals surface area contributed by atoms with Gasteiger partial charge in [0, 0.05) is 18.8 Å². The van der Waals surface area contributed by atoms with Crippen molar-refractivity contribution in [3.63, 3.8) is 0 Å². The van der Waals surface area contributed by atoms with E-state index in [1.54, 1.807) is 19.9 Å². The normalized spacial score (nSPS) is 10.8. The van der Waals surface area contributed by atoms with E-state index in [1.807, 2.05) is 6.07 Å². The van der Waals surface area contributed by atoms with Crippen molar-refractivity contribution in [2.45, 2.75) is 19.4 Å². The molecule has 0 fully saturated rings. The molecule has 1 aromatic rings. The van der Waals surface area contributed by atoms with Crippen LogP contribution in [0.3, 0.4) is 0 Å². The highest BCUT2D eigenvalue weighted by molar-refractivity contribution is 5.60. The standard InChI is InChI=1S/C10H14N4O/c1-10(2,15)6-14-8-3-9(12)13-5-7(8)4-11/h3,5,15H,6H2,1-2H3,(H3,12,13,14). The molecule has 4 N–H and O–H groups in total. The Bertz CT molecular complexity index is 389. The summed E-state index contributed by atoms with van der Waals surface area (Å²) in [7, 11) is 0. The van der Waals surface area contributed by atoms with Crippen molar-refractivity contribution in [3.05, 3.63) is 17.8 Å². The first kappa shape index (κ1) is 11.3. The maximum atomic E-state index is 9.52. The van der Waals surface area contributed by atoms with E-state index in [9.17, 15) is 5.11 Å². The predicted octanol–water partition coefficient (Wildman–Crippen LogP) is 0.718. The summed E-state index contributed by atoms with van der Waals surface area (Å²) >= 11 is 0. The van der Waals surface area contributed by atoms with Crippen LogP contribution in [0.15, 0.2) is 12.3 Å². The van der Waals surface area contributed by atoms with Crippen molar-refractivity contribution in [1.82, 2.24) is 4.98 Å². The van der Waals surface area contributed by atoms with Gasteiger partial charge in [0.25, 0.3) is 0 Å². The van der Waals surface area contributed by atoms with Crippen LogP contribution >= 0.6 is 0 Å². The molecule has 5 nitrogen and oxygen atoms in total. The lowest BCUT2D eigenvalue weighted by Gasteiger charge is -2.19. The Morgan fingerprint density at radius 1 is 1.67 bits per heavy atom. The van der Waals surface area contributed by atoms with Gasteiger partial charge >= 0.3 is 0 Å². The Morgan fingerprint density at radius 2 is 2.33 bits per heavy atom. The Balaban J connectivity index is 2.85. The largest absolute Gasteiger partial charge is 0.389 e. The minimum Gasteiger partial charge on any atom is -0.389 e. The molecule has 80 valence electrons. The van der Waals surface area contributed by atoms with E-state index in [1.165, 1.54) is 6.20 Å². The number of hydrogen-bond acceptors (Lipinski definition) is 5. The number of nitrogen functional groups attached to an aromatic ring is 1. The van der Waals surface area contributed by atoms with E-state index in [-0.39, 0.29) is 0 Å². The Labute approximate surface area is 88.6 Å². The van der Waals surface area contributed by atoms with Crippen LogP contribution in [0.4, 0.5) is 11.5 Å². The minimum atomic E-state index is -0.843. The van der Waals surface area contributed by atoms with Crippen LogP contribution in [0.25, 0.3) is 0 Å². The first-order valence-electron chi connectivity index (χ1n) is 4.54. The van der Waals surface area contributed by atoms with E-state index >= 15 is 0 Å². The van der Waals surface area contributed by atoms with Gasteiger partial charge in [0.1, 0.15) is 11.9 Å². The van der Waals surface area contributed by atoms with Gasteiger partial charge in [-0.3, -0.25) is 0 Å². The maximum Gasteiger partial charge on any atom is 0.125 e. The molecule has 0 aliphatic carbocycles. The minimum absolute atomic E-state index is 0.338. The zero-order valence-corrected chi connectivity index (χ0v) is 8.78. The topological polar surface area (TPSA) is 95.0 Å². The number of aromatic nitrogens is 1. The van der Waals surface area contributed by atoms with Gasteiger partial charge in [-0.15, -0.1) is 0 Å². The smallest absolute Gasteiger partial charge is 0.125 e. The van der Waals surface area contributed by atoms with Crippen molar-refractivity contribution in [1.29, 1.82) is 5.26 Å². The van der Waals surface area contributed by atoms with Gasteiger partial charge in [0.15, 0.2) is 0 Å². The summed E-state index contributed by atoms with van der Waals surface area (Å²) in [5, 5.41) is 21.3. The molecule has 1 rings (SSSR count). The molecule has 0 bridgehead atoms. The summed E-state index contributed by atoms with van der Waals surface area (Å²) in [5.74, 6) is 0.340. The van der Waals surface area contributed by atoms with E-state index in [4.69, 9.17) is 11.0 Å². The van der Waals surface area contributed by atoms with Crippen LogP contribution < -0.4 is 11.1 Å².